The molecule has 0 spiro atoms. The molecule has 0 bridgehead atoms. The summed E-state index contributed by atoms with van der Waals surface area (Å²) in [5, 5.41) is 11.4. The Balaban J connectivity index is 1.89. The third kappa shape index (κ3) is 3.62. The van der Waals surface area contributed by atoms with Gasteiger partial charge < -0.3 is 9.84 Å². The number of benzene rings is 3. The number of aryl methyl sites for hydroxylation is 1. The number of aromatic hydroxyl groups is 1. The summed E-state index contributed by atoms with van der Waals surface area (Å²) in [6.07, 6.45) is 0.666. The van der Waals surface area contributed by atoms with Crippen LogP contribution in [0.3, 0.4) is 0 Å². The molecule has 0 saturated carbocycles. The molecule has 28 heavy (non-hydrogen) atoms. The van der Waals surface area contributed by atoms with E-state index < -0.39 is 0 Å². The zero-order valence-corrected chi connectivity index (χ0v) is 17.2. The van der Waals surface area contributed by atoms with Crippen molar-refractivity contribution in [3.8, 4) is 11.5 Å². The zero-order chi connectivity index (χ0) is 19.7. The van der Waals surface area contributed by atoms with Gasteiger partial charge in [-0.1, -0.05) is 48.0 Å². The highest BCUT2D eigenvalue weighted by atomic mass is 35.5. The van der Waals surface area contributed by atoms with Gasteiger partial charge in [0.25, 0.3) is 0 Å². The van der Waals surface area contributed by atoms with Gasteiger partial charge in [-0.25, -0.2) is 0 Å². The highest BCUT2D eigenvalue weighted by Gasteiger charge is 2.26. The molecular weight excluding hydrogens is 390 g/mol. The Bertz CT molecular complexity index is 1050. The average molecular weight is 410 g/mol. The van der Waals surface area contributed by atoms with Gasteiger partial charge in [0.05, 0.1) is 23.4 Å². The number of hydrogen-bond acceptors (Lipinski definition) is 4. The molecule has 3 aromatic rings. The number of nitrogens with zero attached hydrogens (tertiary/aromatic N) is 1. The predicted molar refractivity (Wildman–Crippen MR) is 117 cm³/mol. The van der Waals surface area contributed by atoms with Crippen molar-refractivity contribution in [1.82, 2.24) is 0 Å². The van der Waals surface area contributed by atoms with Gasteiger partial charge in [-0.05, 0) is 42.3 Å². The zero-order valence-electron chi connectivity index (χ0n) is 15.6. The van der Waals surface area contributed by atoms with Gasteiger partial charge in [0.2, 0.25) is 0 Å². The molecule has 4 rings (SSSR count). The third-order valence-corrected chi connectivity index (χ3v) is 6.61. The lowest BCUT2D eigenvalue weighted by molar-refractivity contribution is 0.405. The van der Waals surface area contributed by atoms with E-state index in [1.165, 1.54) is 5.56 Å². The Kier molecular flexibility index (Phi) is 5.33. The van der Waals surface area contributed by atoms with Gasteiger partial charge in [0, 0.05) is 22.3 Å². The summed E-state index contributed by atoms with van der Waals surface area (Å²) in [4.78, 5) is 5.93. The Labute approximate surface area is 174 Å². The molecule has 0 fully saturated rings. The second-order valence-corrected chi connectivity index (χ2v) is 8.33. The molecule has 1 N–H and O–H groups in total. The fraction of sp³-hybridized carbons (Fsp3) is 0.174. The second kappa shape index (κ2) is 7.90. The van der Waals surface area contributed by atoms with Crippen molar-refractivity contribution in [2.45, 2.75) is 23.5 Å². The van der Waals surface area contributed by atoms with E-state index >= 15 is 0 Å². The van der Waals surface area contributed by atoms with Crippen LogP contribution in [0.1, 0.15) is 28.4 Å². The van der Waals surface area contributed by atoms with E-state index in [4.69, 9.17) is 21.3 Å². The topological polar surface area (TPSA) is 41.8 Å². The van der Waals surface area contributed by atoms with Crippen molar-refractivity contribution in [2.75, 3.05) is 7.11 Å². The van der Waals surface area contributed by atoms with E-state index in [-0.39, 0.29) is 11.0 Å². The number of phenolic OH excluding ortho intramolecular Hbond substituents is 1. The van der Waals surface area contributed by atoms with E-state index in [1.54, 1.807) is 24.9 Å². The molecule has 1 heterocycles. The molecular formula is C23H20ClNO2S. The Morgan fingerprint density at radius 1 is 1.11 bits per heavy atom. The van der Waals surface area contributed by atoms with Crippen LogP contribution in [0, 0.1) is 6.92 Å². The van der Waals surface area contributed by atoms with Crippen LogP contribution in [0.2, 0.25) is 5.02 Å². The number of phenols is 1. The number of hydrogen-bond donors (Lipinski definition) is 1. The van der Waals surface area contributed by atoms with Crippen molar-refractivity contribution < 1.29 is 9.84 Å². The van der Waals surface area contributed by atoms with Crippen LogP contribution >= 0.6 is 23.4 Å². The minimum absolute atomic E-state index is 0.136. The van der Waals surface area contributed by atoms with Gasteiger partial charge in [-0.3, -0.25) is 4.99 Å². The third-order valence-electron chi connectivity index (χ3n) is 4.83. The number of rotatable bonds is 3. The van der Waals surface area contributed by atoms with Crippen LogP contribution in [-0.4, -0.2) is 17.9 Å². The van der Waals surface area contributed by atoms with E-state index in [9.17, 15) is 5.11 Å². The predicted octanol–water partition coefficient (Wildman–Crippen LogP) is 6.72. The largest absolute Gasteiger partial charge is 0.507 e. The maximum Gasteiger partial charge on any atom is 0.134 e. The van der Waals surface area contributed by atoms with E-state index in [0.717, 1.165) is 27.6 Å². The summed E-state index contributed by atoms with van der Waals surface area (Å²) >= 11 is 8.10. The number of methoxy groups -OCH3 is 1. The number of fused-ring (bicyclic) bond motifs is 1. The second-order valence-electron chi connectivity index (χ2n) is 6.71. The van der Waals surface area contributed by atoms with Crippen molar-refractivity contribution in [3.63, 3.8) is 0 Å². The first-order valence-electron chi connectivity index (χ1n) is 9.02. The maximum atomic E-state index is 10.6. The van der Waals surface area contributed by atoms with Gasteiger partial charge in [-0.2, -0.15) is 0 Å². The smallest absolute Gasteiger partial charge is 0.134 e. The number of ether oxygens (including phenoxy) is 1. The fourth-order valence-electron chi connectivity index (χ4n) is 3.34. The van der Waals surface area contributed by atoms with Crippen LogP contribution in [-0.2, 0) is 0 Å². The van der Waals surface area contributed by atoms with Crippen molar-refractivity contribution in [1.29, 1.82) is 0 Å². The Morgan fingerprint density at radius 3 is 2.64 bits per heavy atom. The molecule has 5 heteroatoms. The SMILES string of the molecule is COc1cccc2c1SC(c1ccccc1)CC(c1cc(Cl)c(C)cc1O)=N2. The van der Waals surface area contributed by atoms with E-state index in [2.05, 4.69) is 12.1 Å². The highest BCUT2D eigenvalue weighted by Crippen LogP contribution is 2.49. The van der Waals surface area contributed by atoms with Crippen LogP contribution in [0.5, 0.6) is 11.5 Å². The molecule has 0 radical (unpaired) electrons. The minimum Gasteiger partial charge on any atom is -0.507 e. The maximum absolute atomic E-state index is 10.6. The summed E-state index contributed by atoms with van der Waals surface area (Å²) < 4.78 is 5.59. The lowest BCUT2D eigenvalue weighted by Crippen LogP contribution is -2.06. The molecule has 0 amide bonds. The van der Waals surface area contributed by atoms with Gasteiger partial charge in [0.15, 0.2) is 0 Å². The highest BCUT2D eigenvalue weighted by molar-refractivity contribution is 7.99. The summed E-state index contributed by atoms with van der Waals surface area (Å²) in [6.45, 7) is 1.88. The fourth-order valence-corrected chi connectivity index (χ4v) is 4.83. The van der Waals surface area contributed by atoms with Gasteiger partial charge in [0.1, 0.15) is 11.5 Å². The molecule has 1 unspecified atom stereocenters. The molecule has 0 aliphatic carbocycles. The Hall–Kier alpha value is -2.43. The molecule has 1 aliphatic heterocycles. The monoisotopic (exact) mass is 409 g/mol. The molecule has 0 saturated heterocycles. The van der Waals surface area contributed by atoms with Crippen LogP contribution < -0.4 is 4.74 Å². The van der Waals surface area contributed by atoms with E-state index in [1.807, 2.05) is 49.4 Å². The average Bonchev–Trinajstić information content (AvgIpc) is 2.91. The summed E-state index contributed by atoms with van der Waals surface area (Å²) in [6, 6.07) is 19.7. The number of aliphatic imine (C=N–C) groups is 1. The normalized spacial score (nSPS) is 16.1. The number of halogens is 1. The summed E-state index contributed by atoms with van der Waals surface area (Å²) in [5.74, 6) is 1.00. The van der Waals surface area contributed by atoms with Crippen molar-refractivity contribution in [2.24, 2.45) is 4.99 Å². The van der Waals surface area contributed by atoms with Crippen LogP contribution in [0.25, 0.3) is 0 Å². The molecule has 3 aromatic carbocycles. The first-order chi connectivity index (χ1) is 13.6. The summed E-state index contributed by atoms with van der Waals surface area (Å²) in [7, 11) is 1.68. The molecule has 0 aromatic heterocycles. The van der Waals surface area contributed by atoms with Gasteiger partial charge in [-0.15, -0.1) is 11.8 Å². The quantitative estimate of drug-likeness (QED) is 0.522. The molecule has 3 nitrogen and oxygen atoms in total. The lowest BCUT2D eigenvalue weighted by Gasteiger charge is -2.17. The van der Waals surface area contributed by atoms with Gasteiger partial charge >= 0.3 is 0 Å². The Morgan fingerprint density at radius 2 is 1.89 bits per heavy atom. The van der Waals surface area contributed by atoms with Crippen LogP contribution in [0.15, 0.2) is 70.6 Å². The summed E-state index contributed by atoms with van der Waals surface area (Å²) in [5.41, 5.74) is 4.37. The van der Waals surface area contributed by atoms with E-state index in [0.29, 0.717) is 17.0 Å². The standard InChI is InChI=1S/C23H20ClNO2S/c1-14-11-20(26)16(12-17(14)24)19-13-22(15-7-4-3-5-8-15)28-23-18(25-19)9-6-10-21(23)27-2/h3-12,22,26H,13H2,1-2H3. The molecule has 1 atom stereocenters. The first kappa shape index (κ1) is 18.9. The van der Waals surface area contributed by atoms with Crippen molar-refractivity contribution in [3.05, 3.63) is 82.4 Å². The molecule has 142 valence electrons. The van der Waals surface area contributed by atoms with Crippen LogP contribution in [0.4, 0.5) is 5.69 Å². The molecule has 1 aliphatic rings. The minimum atomic E-state index is 0.136. The number of thioether (sulfide) groups is 1. The van der Waals surface area contributed by atoms with Crippen molar-refractivity contribution >= 4 is 34.8 Å². The first-order valence-corrected chi connectivity index (χ1v) is 10.3. The lowest BCUT2D eigenvalue weighted by atomic mass is 9.99.